The zero-order valence-corrected chi connectivity index (χ0v) is 16.2. The topological polar surface area (TPSA) is 59.1 Å². The summed E-state index contributed by atoms with van der Waals surface area (Å²) in [5.74, 6) is 0.943. The van der Waals surface area contributed by atoms with Crippen LogP contribution in [-0.2, 0) is 14.9 Å². The van der Waals surface area contributed by atoms with Gasteiger partial charge in [-0.25, -0.2) is 4.79 Å². The first kappa shape index (κ1) is 16.6. The number of nitrogens with zero attached hydrogens (tertiary/aromatic N) is 2. The van der Waals surface area contributed by atoms with Gasteiger partial charge in [0.25, 0.3) is 0 Å². The van der Waals surface area contributed by atoms with Crippen molar-refractivity contribution in [1.82, 2.24) is 4.90 Å². The molecule has 28 heavy (non-hydrogen) atoms. The molecule has 1 amide bonds. The lowest BCUT2D eigenvalue weighted by atomic mass is 9.42. The Bertz CT molecular complexity index is 958. The second-order valence-electron chi connectivity index (χ2n) is 8.85. The minimum atomic E-state index is -0.569. The largest absolute Gasteiger partial charge is 0.495 e. The van der Waals surface area contributed by atoms with Gasteiger partial charge in [0, 0.05) is 24.4 Å². The van der Waals surface area contributed by atoms with Crippen LogP contribution >= 0.6 is 0 Å². The van der Waals surface area contributed by atoms with E-state index >= 15 is 0 Å². The number of para-hydroxylation sites is 1. The number of anilines is 1. The Balaban J connectivity index is 1.72. The molecule has 0 radical (unpaired) electrons. The molecule has 3 aliphatic heterocycles. The number of rotatable bonds is 1. The number of Topliss-reactive ketones (excluding diaryl/α,β-unsaturated/α-hetero) is 1. The molecule has 1 aromatic carbocycles. The normalized spacial score (nSPS) is 39.6. The summed E-state index contributed by atoms with van der Waals surface area (Å²) in [4.78, 5) is 30.9. The monoisotopic (exact) mass is 380 g/mol. The molecule has 4 atom stereocenters. The van der Waals surface area contributed by atoms with E-state index in [1.807, 2.05) is 12.1 Å². The second kappa shape index (κ2) is 4.98. The molecule has 1 aromatic rings. The van der Waals surface area contributed by atoms with Crippen LogP contribution in [0, 0.1) is 5.41 Å². The summed E-state index contributed by atoms with van der Waals surface area (Å²) in [6, 6.07) is 6.15. The van der Waals surface area contributed by atoms with Gasteiger partial charge in [0.05, 0.1) is 30.9 Å². The van der Waals surface area contributed by atoms with E-state index in [1.54, 1.807) is 12.0 Å². The van der Waals surface area contributed by atoms with Crippen molar-refractivity contribution in [3.63, 3.8) is 0 Å². The lowest BCUT2D eigenvalue weighted by Gasteiger charge is -2.65. The first-order chi connectivity index (χ1) is 13.6. The number of benzene rings is 1. The maximum absolute atomic E-state index is 13.5. The van der Waals surface area contributed by atoms with Crippen molar-refractivity contribution in [2.45, 2.75) is 42.7 Å². The summed E-state index contributed by atoms with van der Waals surface area (Å²) in [6.07, 6.45) is 6.89. The molecule has 1 saturated heterocycles. The molecular formula is C22H24N2O4. The van der Waals surface area contributed by atoms with Crippen molar-refractivity contribution in [3.05, 3.63) is 35.9 Å². The number of ketones is 1. The third-order valence-electron chi connectivity index (χ3n) is 8.33. The van der Waals surface area contributed by atoms with E-state index < -0.39 is 17.0 Å². The standard InChI is InChI=1S/C22H24N2O4/c1-27-15-6-3-5-14-17(15)24(19(26)28-2)21-9-8-20(16(25)13-21)7-4-11-23-12-10-22(14,21)18(20)23/h3-7,18H,8-13H2,1-2H3/t18-,20+,21+,22+/m0/s1. The maximum atomic E-state index is 13.5. The van der Waals surface area contributed by atoms with Crippen molar-refractivity contribution in [1.29, 1.82) is 0 Å². The predicted molar refractivity (Wildman–Crippen MR) is 103 cm³/mol. The van der Waals surface area contributed by atoms with Crippen LogP contribution in [0.1, 0.15) is 31.2 Å². The highest BCUT2D eigenvalue weighted by molar-refractivity contribution is 6.02. The molecular weight excluding hydrogens is 356 g/mol. The van der Waals surface area contributed by atoms with E-state index in [2.05, 4.69) is 23.1 Å². The summed E-state index contributed by atoms with van der Waals surface area (Å²) in [5.41, 5.74) is 0.696. The number of methoxy groups -OCH3 is 2. The number of hydrogen-bond donors (Lipinski definition) is 0. The zero-order valence-electron chi connectivity index (χ0n) is 16.2. The number of carbonyl (C=O) groups is 2. The molecule has 146 valence electrons. The Labute approximate surface area is 164 Å². The molecule has 3 saturated carbocycles. The highest BCUT2D eigenvalue weighted by Gasteiger charge is 2.80. The summed E-state index contributed by atoms with van der Waals surface area (Å²) < 4.78 is 10.9. The van der Waals surface area contributed by atoms with Crippen LogP contribution in [0.3, 0.4) is 0 Å². The highest BCUT2D eigenvalue weighted by Crippen LogP contribution is 2.73. The molecule has 7 rings (SSSR count). The Hall–Kier alpha value is -2.34. The van der Waals surface area contributed by atoms with E-state index in [0.29, 0.717) is 12.2 Å². The van der Waals surface area contributed by atoms with Crippen LogP contribution in [0.25, 0.3) is 0 Å². The van der Waals surface area contributed by atoms with E-state index in [-0.39, 0.29) is 17.2 Å². The summed E-state index contributed by atoms with van der Waals surface area (Å²) in [5, 5.41) is 0. The maximum Gasteiger partial charge on any atom is 0.414 e. The summed E-state index contributed by atoms with van der Waals surface area (Å²) >= 11 is 0. The van der Waals surface area contributed by atoms with Crippen molar-refractivity contribution < 1.29 is 19.1 Å². The Morgan fingerprint density at radius 3 is 2.82 bits per heavy atom. The average Bonchev–Trinajstić information content (AvgIpc) is 3.24. The first-order valence-corrected chi connectivity index (χ1v) is 10.1. The van der Waals surface area contributed by atoms with E-state index in [1.165, 1.54) is 7.11 Å². The van der Waals surface area contributed by atoms with Gasteiger partial charge in [-0.05, 0) is 37.4 Å². The summed E-state index contributed by atoms with van der Waals surface area (Å²) in [7, 11) is 3.05. The van der Waals surface area contributed by atoms with Gasteiger partial charge in [-0.2, -0.15) is 0 Å². The third kappa shape index (κ3) is 1.45. The Morgan fingerprint density at radius 2 is 2.07 bits per heavy atom. The van der Waals surface area contributed by atoms with Crippen molar-refractivity contribution in [2.24, 2.45) is 5.41 Å². The molecule has 3 spiro atoms. The van der Waals surface area contributed by atoms with E-state index in [9.17, 15) is 9.59 Å². The number of fused-ring (bicyclic) bond motifs is 3. The molecule has 3 heterocycles. The van der Waals surface area contributed by atoms with Gasteiger partial charge in [0.2, 0.25) is 0 Å². The number of carbonyl (C=O) groups excluding carboxylic acids is 2. The van der Waals surface area contributed by atoms with Gasteiger partial charge < -0.3 is 9.47 Å². The smallest absolute Gasteiger partial charge is 0.414 e. The van der Waals surface area contributed by atoms with Crippen molar-refractivity contribution >= 4 is 17.6 Å². The van der Waals surface area contributed by atoms with Crippen LogP contribution in [0.5, 0.6) is 5.75 Å². The van der Waals surface area contributed by atoms with Crippen LogP contribution in [0.4, 0.5) is 10.5 Å². The molecule has 6 nitrogen and oxygen atoms in total. The number of hydrogen-bond acceptors (Lipinski definition) is 5. The SMILES string of the molecule is COC(=O)N1c2c(OC)cccc2[C@@]23CCN4CC=C[C@]5(CC[C@]12CC5=O)[C@H]43. The Kier molecular flexibility index (Phi) is 2.95. The van der Waals surface area contributed by atoms with Gasteiger partial charge in [0.15, 0.2) is 0 Å². The molecule has 2 bridgehead atoms. The Morgan fingerprint density at radius 1 is 1.21 bits per heavy atom. The minimum absolute atomic E-state index is 0.0977. The van der Waals surface area contributed by atoms with E-state index in [0.717, 1.165) is 43.6 Å². The number of ether oxygens (including phenoxy) is 2. The second-order valence-corrected chi connectivity index (χ2v) is 8.85. The van der Waals surface area contributed by atoms with Crippen LogP contribution in [-0.4, -0.2) is 55.7 Å². The lowest BCUT2D eigenvalue weighted by molar-refractivity contribution is -0.147. The predicted octanol–water partition coefficient (Wildman–Crippen LogP) is 2.66. The first-order valence-electron chi connectivity index (χ1n) is 10.1. The molecule has 4 fully saturated rings. The molecule has 3 aliphatic carbocycles. The summed E-state index contributed by atoms with van der Waals surface area (Å²) in [6.45, 7) is 1.81. The third-order valence-corrected chi connectivity index (χ3v) is 8.33. The van der Waals surface area contributed by atoms with Gasteiger partial charge in [-0.15, -0.1) is 0 Å². The fraction of sp³-hybridized carbons (Fsp3) is 0.545. The lowest BCUT2D eigenvalue weighted by Crippen LogP contribution is -2.77. The number of amides is 1. The molecule has 0 unspecified atom stereocenters. The van der Waals surface area contributed by atoms with Crippen LogP contribution in [0.15, 0.2) is 30.4 Å². The minimum Gasteiger partial charge on any atom is -0.495 e. The zero-order chi connectivity index (χ0) is 19.3. The van der Waals surface area contributed by atoms with Gasteiger partial charge in [-0.3, -0.25) is 14.6 Å². The molecule has 0 aromatic heterocycles. The van der Waals surface area contributed by atoms with Crippen molar-refractivity contribution in [3.8, 4) is 5.75 Å². The fourth-order valence-corrected chi connectivity index (χ4v) is 7.53. The van der Waals surface area contributed by atoms with E-state index in [4.69, 9.17) is 9.47 Å². The van der Waals surface area contributed by atoms with Crippen molar-refractivity contribution in [2.75, 3.05) is 32.2 Å². The van der Waals surface area contributed by atoms with Crippen LogP contribution < -0.4 is 9.64 Å². The quantitative estimate of drug-likeness (QED) is 0.701. The average molecular weight is 380 g/mol. The molecule has 6 aliphatic rings. The van der Waals surface area contributed by atoms with Gasteiger partial charge in [-0.1, -0.05) is 24.3 Å². The van der Waals surface area contributed by atoms with Gasteiger partial charge in [0.1, 0.15) is 11.5 Å². The molecule has 0 N–H and O–H groups in total. The van der Waals surface area contributed by atoms with Crippen LogP contribution in [0.2, 0.25) is 0 Å². The van der Waals surface area contributed by atoms with Gasteiger partial charge >= 0.3 is 6.09 Å². The molecule has 6 heteroatoms. The fourth-order valence-electron chi connectivity index (χ4n) is 7.53. The highest BCUT2D eigenvalue weighted by atomic mass is 16.5.